The fourth-order valence-corrected chi connectivity index (χ4v) is 2.25. The van der Waals surface area contributed by atoms with E-state index in [1.54, 1.807) is 32.2 Å². The van der Waals surface area contributed by atoms with Gasteiger partial charge in [0.1, 0.15) is 17.3 Å². The van der Waals surface area contributed by atoms with E-state index in [4.69, 9.17) is 4.42 Å². The van der Waals surface area contributed by atoms with Crippen molar-refractivity contribution < 1.29 is 13.6 Å². The molecule has 0 radical (unpaired) electrons. The molecule has 2 aromatic rings. The Hall–Kier alpha value is -2.10. The van der Waals surface area contributed by atoms with Gasteiger partial charge in [-0.15, -0.1) is 0 Å². The van der Waals surface area contributed by atoms with Crippen LogP contribution in [0.2, 0.25) is 0 Å². The van der Waals surface area contributed by atoms with Gasteiger partial charge >= 0.3 is 0 Å². The summed E-state index contributed by atoms with van der Waals surface area (Å²) in [6, 6.07) is 6.47. The summed E-state index contributed by atoms with van der Waals surface area (Å²) >= 11 is 0. The first kappa shape index (κ1) is 14.3. The van der Waals surface area contributed by atoms with Crippen LogP contribution < -0.4 is 0 Å². The molecule has 1 amide bonds. The topological polar surface area (TPSA) is 33.5 Å². The summed E-state index contributed by atoms with van der Waals surface area (Å²) in [7, 11) is 1.66. The van der Waals surface area contributed by atoms with E-state index in [1.807, 2.05) is 13.8 Å². The van der Waals surface area contributed by atoms with Crippen LogP contribution in [0, 0.1) is 26.6 Å². The van der Waals surface area contributed by atoms with Crippen LogP contribution in [0.15, 0.2) is 28.7 Å². The van der Waals surface area contributed by atoms with Crippen molar-refractivity contribution in [2.75, 3.05) is 7.05 Å². The SMILES string of the molecule is Cc1oc(C)c(C(=O)N(C)Cc2ccccc2F)c1C. The first-order chi connectivity index (χ1) is 9.41. The lowest BCUT2D eigenvalue weighted by Crippen LogP contribution is -2.27. The summed E-state index contributed by atoms with van der Waals surface area (Å²) in [5.74, 6) is 0.889. The highest BCUT2D eigenvalue weighted by atomic mass is 19.1. The zero-order valence-electron chi connectivity index (χ0n) is 12.2. The number of carbonyl (C=O) groups is 1. The minimum Gasteiger partial charge on any atom is -0.466 e. The maximum atomic E-state index is 13.6. The molecule has 0 saturated carbocycles. The molecule has 1 aromatic carbocycles. The van der Waals surface area contributed by atoms with Crippen LogP contribution in [0.4, 0.5) is 4.39 Å². The third kappa shape index (κ3) is 2.59. The molecule has 20 heavy (non-hydrogen) atoms. The van der Waals surface area contributed by atoms with E-state index in [0.29, 0.717) is 16.9 Å². The van der Waals surface area contributed by atoms with Gasteiger partial charge < -0.3 is 9.32 Å². The minimum absolute atomic E-state index is 0.153. The van der Waals surface area contributed by atoms with Crippen molar-refractivity contribution in [3.63, 3.8) is 0 Å². The van der Waals surface area contributed by atoms with Crippen molar-refractivity contribution in [1.82, 2.24) is 4.90 Å². The fourth-order valence-electron chi connectivity index (χ4n) is 2.25. The summed E-state index contributed by atoms with van der Waals surface area (Å²) < 4.78 is 19.1. The van der Waals surface area contributed by atoms with E-state index in [1.165, 1.54) is 11.0 Å². The summed E-state index contributed by atoms with van der Waals surface area (Å²) in [4.78, 5) is 14.0. The normalized spacial score (nSPS) is 10.7. The van der Waals surface area contributed by atoms with Gasteiger partial charge in [-0.1, -0.05) is 18.2 Å². The van der Waals surface area contributed by atoms with Gasteiger partial charge in [-0.2, -0.15) is 0 Å². The zero-order valence-corrected chi connectivity index (χ0v) is 12.2. The van der Waals surface area contributed by atoms with E-state index in [2.05, 4.69) is 0 Å². The Balaban J connectivity index is 2.23. The van der Waals surface area contributed by atoms with E-state index < -0.39 is 0 Å². The van der Waals surface area contributed by atoms with E-state index in [0.717, 1.165) is 11.3 Å². The highest BCUT2D eigenvalue weighted by Crippen LogP contribution is 2.22. The molecule has 0 fully saturated rings. The maximum absolute atomic E-state index is 13.6. The number of carbonyl (C=O) groups excluding carboxylic acids is 1. The number of hydrogen-bond donors (Lipinski definition) is 0. The summed E-state index contributed by atoms with van der Waals surface area (Å²) in [5, 5.41) is 0. The lowest BCUT2D eigenvalue weighted by atomic mass is 10.1. The summed E-state index contributed by atoms with van der Waals surface area (Å²) in [6.45, 7) is 5.69. The standard InChI is InChI=1S/C16H18FNO2/c1-10-11(2)20-12(3)15(10)16(19)18(4)9-13-7-5-6-8-14(13)17/h5-8H,9H2,1-4H3. The van der Waals surface area contributed by atoms with Crippen LogP contribution >= 0.6 is 0 Å². The molecule has 1 heterocycles. The van der Waals surface area contributed by atoms with Gasteiger partial charge in [-0.25, -0.2) is 4.39 Å². The fraction of sp³-hybridized carbons (Fsp3) is 0.312. The van der Waals surface area contributed by atoms with E-state index in [-0.39, 0.29) is 18.3 Å². The lowest BCUT2D eigenvalue weighted by Gasteiger charge is -2.17. The van der Waals surface area contributed by atoms with Crippen LogP contribution in [0.1, 0.15) is 33.0 Å². The number of nitrogens with zero attached hydrogens (tertiary/aromatic N) is 1. The molecule has 0 aliphatic rings. The molecular weight excluding hydrogens is 257 g/mol. The number of halogens is 1. The predicted molar refractivity (Wildman–Crippen MR) is 75.1 cm³/mol. The predicted octanol–water partition coefficient (Wildman–Crippen LogP) is 3.62. The molecule has 0 spiro atoms. The van der Waals surface area contributed by atoms with Gasteiger partial charge in [-0.3, -0.25) is 4.79 Å². The number of benzene rings is 1. The highest BCUT2D eigenvalue weighted by Gasteiger charge is 2.22. The summed E-state index contributed by atoms with van der Waals surface area (Å²) in [5.41, 5.74) is 1.91. The maximum Gasteiger partial charge on any atom is 0.257 e. The molecule has 0 saturated heterocycles. The second kappa shape index (κ2) is 5.49. The van der Waals surface area contributed by atoms with Gasteiger partial charge in [0, 0.05) is 24.7 Å². The molecule has 1 aromatic heterocycles. The van der Waals surface area contributed by atoms with Gasteiger partial charge in [0.15, 0.2) is 0 Å². The summed E-state index contributed by atoms with van der Waals surface area (Å²) in [6.07, 6.45) is 0. The van der Waals surface area contributed by atoms with Crippen LogP contribution in [0.25, 0.3) is 0 Å². The molecule has 3 nitrogen and oxygen atoms in total. The molecule has 106 valence electrons. The second-order valence-corrected chi connectivity index (χ2v) is 4.97. The zero-order chi connectivity index (χ0) is 14.9. The number of rotatable bonds is 3. The van der Waals surface area contributed by atoms with E-state index in [9.17, 15) is 9.18 Å². The van der Waals surface area contributed by atoms with Crippen molar-refractivity contribution in [3.05, 3.63) is 58.3 Å². The number of amides is 1. The van der Waals surface area contributed by atoms with E-state index >= 15 is 0 Å². The third-order valence-corrected chi connectivity index (χ3v) is 3.49. The molecule has 0 aliphatic heterocycles. The molecule has 0 bridgehead atoms. The van der Waals surface area contributed by atoms with Gasteiger partial charge in [0.05, 0.1) is 5.56 Å². The Bertz CT molecular complexity index is 646. The number of aryl methyl sites for hydroxylation is 2. The molecule has 0 atom stereocenters. The van der Waals surface area contributed by atoms with Gasteiger partial charge in [0.2, 0.25) is 0 Å². The quantitative estimate of drug-likeness (QED) is 0.857. The minimum atomic E-state index is -0.302. The molecule has 0 N–H and O–H groups in total. The van der Waals surface area contributed by atoms with Gasteiger partial charge in [-0.05, 0) is 26.8 Å². The van der Waals surface area contributed by atoms with Crippen molar-refractivity contribution in [2.24, 2.45) is 0 Å². The first-order valence-electron chi connectivity index (χ1n) is 6.47. The van der Waals surface area contributed by atoms with Crippen molar-refractivity contribution >= 4 is 5.91 Å². The first-order valence-corrected chi connectivity index (χ1v) is 6.47. The van der Waals surface area contributed by atoms with Gasteiger partial charge in [0.25, 0.3) is 5.91 Å². The Morgan fingerprint density at radius 3 is 2.40 bits per heavy atom. The molecule has 4 heteroatoms. The molecule has 0 aliphatic carbocycles. The van der Waals surface area contributed by atoms with Crippen molar-refractivity contribution in [1.29, 1.82) is 0 Å². The molecular formula is C16H18FNO2. The van der Waals surface area contributed by atoms with Crippen LogP contribution in [-0.4, -0.2) is 17.9 Å². The molecule has 2 rings (SSSR count). The molecule has 0 unspecified atom stereocenters. The van der Waals surface area contributed by atoms with Crippen LogP contribution in [0.5, 0.6) is 0 Å². The number of hydrogen-bond acceptors (Lipinski definition) is 2. The van der Waals surface area contributed by atoms with Crippen LogP contribution in [0.3, 0.4) is 0 Å². The smallest absolute Gasteiger partial charge is 0.257 e. The lowest BCUT2D eigenvalue weighted by molar-refractivity contribution is 0.0781. The number of furan rings is 1. The van der Waals surface area contributed by atoms with Crippen molar-refractivity contribution in [2.45, 2.75) is 27.3 Å². The van der Waals surface area contributed by atoms with Crippen LogP contribution in [-0.2, 0) is 6.54 Å². The Labute approximate surface area is 118 Å². The second-order valence-electron chi connectivity index (χ2n) is 4.97. The Morgan fingerprint density at radius 1 is 1.20 bits per heavy atom. The highest BCUT2D eigenvalue weighted by molar-refractivity contribution is 5.96. The largest absolute Gasteiger partial charge is 0.466 e. The Morgan fingerprint density at radius 2 is 1.85 bits per heavy atom. The van der Waals surface area contributed by atoms with Crippen molar-refractivity contribution in [3.8, 4) is 0 Å². The Kier molecular flexibility index (Phi) is 3.93. The third-order valence-electron chi connectivity index (χ3n) is 3.49. The average molecular weight is 275 g/mol. The average Bonchev–Trinajstić information content (AvgIpc) is 2.65. The monoisotopic (exact) mass is 275 g/mol.